The van der Waals surface area contributed by atoms with E-state index in [4.69, 9.17) is 23.2 Å². The van der Waals surface area contributed by atoms with E-state index >= 15 is 0 Å². The van der Waals surface area contributed by atoms with Crippen molar-refractivity contribution in [1.82, 2.24) is 10.3 Å². The number of carbonyl (C=O) groups is 1. The van der Waals surface area contributed by atoms with Gasteiger partial charge in [0.2, 0.25) is 0 Å². The lowest BCUT2D eigenvalue weighted by Crippen LogP contribution is -2.41. The molecule has 1 aliphatic rings. The summed E-state index contributed by atoms with van der Waals surface area (Å²) >= 11 is 11.6. The topological polar surface area (TPSA) is 62.2 Å². The van der Waals surface area contributed by atoms with Gasteiger partial charge in [-0.2, -0.15) is 0 Å². The van der Waals surface area contributed by atoms with Crippen LogP contribution in [0.15, 0.2) is 12.1 Å². The average Bonchev–Trinajstić information content (AvgIpc) is 2.45. The Kier molecular flexibility index (Phi) is 5.24. The van der Waals surface area contributed by atoms with Crippen LogP contribution in [0, 0.1) is 5.41 Å². The van der Waals surface area contributed by atoms with Gasteiger partial charge in [-0.15, -0.1) is 0 Å². The quantitative estimate of drug-likeness (QED) is 0.839. The molecule has 1 amide bonds. The van der Waals surface area contributed by atoms with Crippen molar-refractivity contribution in [3.05, 3.63) is 28.0 Å². The SMILES string of the molecule is O=C(NCC1(CO)CCCCC1)c1cc(Cl)nc(Cl)c1. The van der Waals surface area contributed by atoms with E-state index in [2.05, 4.69) is 10.3 Å². The number of amides is 1. The standard InChI is InChI=1S/C14H18Cl2N2O2/c15-11-6-10(7-12(16)18-11)13(20)17-8-14(9-19)4-2-1-3-5-14/h6-7,19H,1-5,8-9H2,(H,17,20). The normalized spacial score (nSPS) is 17.8. The highest BCUT2D eigenvalue weighted by atomic mass is 35.5. The fourth-order valence-corrected chi connectivity index (χ4v) is 3.12. The molecule has 1 fully saturated rings. The fourth-order valence-electron chi connectivity index (χ4n) is 2.66. The van der Waals surface area contributed by atoms with Crippen LogP contribution >= 0.6 is 23.2 Å². The maximum Gasteiger partial charge on any atom is 0.251 e. The summed E-state index contributed by atoms with van der Waals surface area (Å²) in [6.45, 7) is 0.574. The molecule has 1 heterocycles. The lowest BCUT2D eigenvalue weighted by Gasteiger charge is -2.35. The smallest absolute Gasteiger partial charge is 0.251 e. The summed E-state index contributed by atoms with van der Waals surface area (Å²) in [4.78, 5) is 15.9. The predicted octanol–water partition coefficient (Wildman–Crippen LogP) is 3.06. The maximum atomic E-state index is 12.1. The molecule has 0 aliphatic heterocycles. The zero-order valence-corrected chi connectivity index (χ0v) is 12.7. The number of aliphatic hydroxyl groups is 1. The Morgan fingerprint density at radius 2 is 1.85 bits per heavy atom. The lowest BCUT2D eigenvalue weighted by molar-refractivity contribution is 0.0718. The van der Waals surface area contributed by atoms with Gasteiger partial charge in [-0.25, -0.2) is 4.98 Å². The van der Waals surface area contributed by atoms with Crippen molar-refractivity contribution < 1.29 is 9.90 Å². The molecule has 0 aromatic carbocycles. The van der Waals surface area contributed by atoms with Crippen molar-refractivity contribution in [3.8, 4) is 0 Å². The predicted molar refractivity (Wildman–Crippen MR) is 79.2 cm³/mol. The number of halogens is 2. The number of hydrogen-bond donors (Lipinski definition) is 2. The molecule has 1 aromatic heterocycles. The van der Waals surface area contributed by atoms with Crippen molar-refractivity contribution in [2.24, 2.45) is 5.41 Å². The molecule has 110 valence electrons. The number of pyridine rings is 1. The first kappa shape index (κ1) is 15.5. The van der Waals surface area contributed by atoms with E-state index in [0.717, 1.165) is 25.7 Å². The van der Waals surface area contributed by atoms with Gasteiger partial charge in [-0.3, -0.25) is 4.79 Å². The molecular formula is C14H18Cl2N2O2. The molecule has 1 aliphatic carbocycles. The summed E-state index contributed by atoms with van der Waals surface area (Å²) in [5.41, 5.74) is 0.202. The average molecular weight is 317 g/mol. The molecule has 2 N–H and O–H groups in total. The first-order valence-corrected chi connectivity index (χ1v) is 7.52. The second-order valence-corrected chi connectivity index (χ2v) is 6.18. The van der Waals surface area contributed by atoms with Crippen molar-refractivity contribution in [2.45, 2.75) is 32.1 Å². The van der Waals surface area contributed by atoms with Crippen molar-refractivity contribution in [1.29, 1.82) is 0 Å². The van der Waals surface area contributed by atoms with Gasteiger partial charge in [0.15, 0.2) is 0 Å². The third kappa shape index (κ3) is 3.84. The number of nitrogens with zero attached hydrogens (tertiary/aromatic N) is 1. The zero-order chi connectivity index (χ0) is 14.6. The van der Waals surface area contributed by atoms with Crippen LogP contribution in [0.2, 0.25) is 10.3 Å². The van der Waals surface area contributed by atoms with Crippen LogP contribution in [0.4, 0.5) is 0 Å². The highest BCUT2D eigenvalue weighted by Gasteiger charge is 2.31. The Hall–Kier alpha value is -0.840. The first-order chi connectivity index (χ1) is 9.54. The molecule has 0 saturated heterocycles. The van der Waals surface area contributed by atoms with Gasteiger partial charge in [0, 0.05) is 17.5 Å². The van der Waals surface area contributed by atoms with E-state index in [1.54, 1.807) is 0 Å². The van der Waals surface area contributed by atoms with E-state index in [-0.39, 0.29) is 28.2 Å². The van der Waals surface area contributed by atoms with E-state index in [1.807, 2.05) is 0 Å². The van der Waals surface area contributed by atoms with Crippen molar-refractivity contribution >= 4 is 29.1 Å². The monoisotopic (exact) mass is 316 g/mol. The molecule has 20 heavy (non-hydrogen) atoms. The highest BCUT2D eigenvalue weighted by Crippen LogP contribution is 2.35. The molecule has 0 radical (unpaired) electrons. The molecule has 6 heteroatoms. The number of rotatable bonds is 4. The minimum Gasteiger partial charge on any atom is -0.396 e. The first-order valence-electron chi connectivity index (χ1n) is 6.77. The van der Waals surface area contributed by atoms with Gasteiger partial charge in [0.25, 0.3) is 5.91 Å². The Morgan fingerprint density at radius 3 is 2.40 bits per heavy atom. The molecule has 0 bridgehead atoms. The minimum atomic E-state index is -0.241. The Bertz CT molecular complexity index is 468. The summed E-state index contributed by atoms with van der Waals surface area (Å²) in [6.07, 6.45) is 5.29. The van der Waals surface area contributed by atoms with Crippen LogP contribution in [0.1, 0.15) is 42.5 Å². The molecule has 2 rings (SSSR count). The number of aromatic nitrogens is 1. The van der Waals surface area contributed by atoms with Crippen molar-refractivity contribution in [2.75, 3.05) is 13.2 Å². The summed E-state index contributed by atoms with van der Waals surface area (Å²) in [7, 11) is 0. The highest BCUT2D eigenvalue weighted by molar-refractivity contribution is 6.33. The number of nitrogens with one attached hydrogen (secondary N) is 1. The fraction of sp³-hybridized carbons (Fsp3) is 0.571. The number of aliphatic hydroxyl groups excluding tert-OH is 1. The van der Waals surface area contributed by atoms with Crippen molar-refractivity contribution in [3.63, 3.8) is 0 Å². The molecule has 0 spiro atoms. The van der Waals surface area contributed by atoms with E-state index in [0.29, 0.717) is 12.1 Å². The van der Waals surface area contributed by atoms with Gasteiger partial charge in [0.05, 0.1) is 6.61 Å². The molecule has 1 saturated carbocycles. The van der Waals surface area contributed by atoms with Gasteiger partial charge >= 0.3 is 0 Å². The second-order valence-electron chi connectivity index (χ2n) is 5.40. The van der Waals surface area contributed by atoms with E-state index in [1.165, 1.54) is 18.6 Å². The van der Waals surface area contributed by atoms with Gasteiger partial charge in [-0.1, -0.05) is 42.5 Å². The summed E-state index contributed by atoms with van der Waals surface area (Å²) < 4.78 is 0. The van der Waals surface area contributed by atoms with Crippen LogP contribution in [0.3, 0.4) is 0 Å². The van der Waals surface area contributed by atoms with Crippen LogP contribution in [0.25, 0.3) is 0 Å². The second kappa shape index (κ2) is 6.74. The number of carbonyl (C=O) groups excluding carboxylic acids is 1. The van der Waals surface area contributed by atoms with E-state index < -0.39 is 0 Å². The maximum absolute atomic E-state index is 12.1. The Labute approximate surface area is 128 Å². The molecular weight excluding hydrogens is 299 g/mol. The lowest BCUT2D eigenvalue weighted by atomic mass is 9.74. The van der Waals surface area contributed by atoms with Crippen LogP contribution in [0.5, 0.6) is 0 Å². The Morgan fingerprint density at radius 1 is 1.25 bits per heavy atom. The van der Waals surface area contributed by atoms with Gasteiger partial charge in [0.1, 0.15) is 10.3 Å². The zero-order valence-electron chi connectivity index (χ0n) is 11.2. The molecule has 0 atom stereocenters. The van der Waals surface area contributed by atoms with Crippen LogP contribution < -0.4 is 5.32 Å². The summed E-state index contributed by atoms with van der Waals surface area (Å²) in [6, 6.07) is 2.96. The minimum absolute atomic E-state index is 0.102. The summed E-state index contributed by atoms with van der Waals surface area (Å²) in [5.74, 6) is -0.241. The molecule has 0 unspecified atom stereocenters. The molecule has 4 nitrogen and oxygen atoms in total. The van der Waals surface area contributed by atoms with Crippen LogP contribution in [-0.4, -0.2) is 29.1 Å². The largest absolute Gasteiger partial charge is 0.396 e. The Balaban J connectivity index is 2.00. The van der Waals surface area contributed by atoms with Gasteiger partial charge < -0.3 is 10.4 Å². The van der Waals surface area contributed by atoms with E-state index in [9.17, 15) is 9.90 Å². The third-order valence-electron chi connectivity index (χ3n) is 3.90. The third-order valence-corrected chi connectivity index (χ3v) is 4.29. The van der Waals surface area contributed by atoms with Crippen LogP contribution in [-0.2, 0) is 0 Å². The molecule has 1 aromatic rings. The number of hydrogen-bond acceptors (Lipinski definition) is 3. The summed E-state index contributed by atoms with van der Waals surface area (Å²) in [5, 5.41) is 12.9. The van der Waals surface area contributed by atoms with Gasteiger partial charge in [-0.05, 0) is 25.0 Å².